The van der Waals surface area contributed by atoms with E-state index in [2.05, 4.69) is 29.2 Å². The van der Waals surface area contributed by atoms with Gasteiger partial charge in [-0.25, -0.2) is 9.97 Å². The van der Waals surface area contributed by atoms with Crippen molar-refractivity contribution in [3.63, 3.8) is 0 Å². The summed E-state index contributed by atoms with van der Waals surface area (Å²) in [6.07, 6.45) is 0. The van der Waals surface area contributed by atoms with E-state index in [-0.39, 0.29) is 0 Å². The lowest BCUT2D eigenvalue weighted by molar-refractivity contribution is 1.08. The van der Waals surface area contributed by atoms with Gasteiger partial charge in [-0.05, 0) is 10.8 Å². The predicted molar refractivity (Wildman–Crippen MR) is 84.4 cm³/mol. The zero-order valence-electron chi connectivity index (χ0n) is 10.8. The zero-order chi connectivity index (χ0) is 13.5. The Hall–Kier alpha value is -2.07. The lowest BCUT2D eigenvalue weighted by atomic mass is 10.0. The summed E-state index contributed by atoms with van der Waals surface area (Å²) in [5.41, 5.74) is 9.34. The number of nitrogen functional groups attached to an aromatic ring is 1. The van der Waals surface area contributed by atoms with Gasteiger partial charge < -0.3 is 5.73 Å². The Morgan fingerprint density at radius 1 is 0.950 bits per heavy atom. The van der Waals surface area contributed by atoms with E-state index >= 15 is 0 Å². The molecule has 0 saturated heterocycles. The number of benzene rings is 2. The van der Waals surface area contributed by atoms with Crippen LogP contribution in [0.3, 0.4) is 0 Å². The van der Waals surface area contributed by atoms with Crippen molar-refractivity contribution < 1.29 is 0 Å². The van der Waals surface area contributed by atoms with E-state index in [0.717, 1.165) is 34.2 Å². The molecule has 0 unspecified atom stereocenters. The van der Waals surface area contributed by atoms with Gasteiger partial charge in [0.1, 0.15) is 5.82 Å². The first kappa shape index (κ1) is 11.7. The fraction of sp³-hybridized carbons (Fsp3) is 0.125. The molecule has 0 fully saturated rings. The quantitative estimate of drug-likeness (QED) is 0.739. The molecule has 0 saturated carbocycles. The number of hydrogen-bond acceptors (Lipinski definition) is 4. The number of hydrogen-bond donors (Lipinski definition) is 1. The Morgan fingerprint density at radius 3 is 2.75 bits per heavy atom. The van der Waals surface area contributed by atoms with Gasteiger partial charge in [0.05, 0.1) is 5.69 Å². The number of thioether (sulfide) groups is 1. The van der Waals surface area contributed by atoms with Crippen LogP contribution in [-0.4, -0.2) is 9.97 Å². The van der Waals surface area contributed by atoms with Crippen molar-refractivity contribution >= 4 is 28.4 Å². The third-order valence-corrected chi connectivity index (χ3v) is 4.61. The number of aromatic nitrogens is 2. The topological polar surface area (TPSA) is 51.8 Å². The second-order valence-corrected chi connectivity index (χ2v) is 5.86. The van der Waals surface area contributed by atoms with Crippen molar-refractivity contribution in [1.82, 2.24) is 9.97 Å². The highest BCUT2D eigenvalue weighted by atomic mass is 32.2. The molecule has 0 atom stereocenters. The number of nitrogens with zero attached hydrogens (tertiary/aromatic N) is 2. The van der Waals surface area contributed by atoms with Gasteiger partial charge in [0.15, 0.2) is 5.82 Å². The molecule has 0 aliphatic carbocycles. The summed E-state index contributed by atoms with van der Waals surface area (Å²) in [6.45, 7) is 0. The second-order valence-electron chi connectivity index (χ2n) is 4.88. The molecule has 0 spiro atoms. The summed E-state index contributed by atoms with van der Waals surface area (Å²) < 4.78 is 0. The molecule has 2 aromatic carbocycles. The minimum absolute atomic E-state index is 0.628. The van der Waals surface area contributed by atoms with Crippen molar-refractivity contribution in [3.8, 4) is 11.4 Å². The van der Waals surface area contributed by atoms with Gasteiger partial charge in [-0.3, -0.25) is 0 Å². The molecule has 4 heteroatoms. The van der Waals surface area contributed by atoms with Crippen LogP contribution in [0.2, 0.25) is 0 Å². The highest BCUT2D eigenvalue weighted by Gasteiger charge is 2.19. The van der Waals surface area contributed by atoms with Crippen molar-refractivity contribution in [1.29, 1.82) is 0 Å². The van der Waals surface area contributed by atoms with Crippen LogP contribution >= 0.6 is 11.8 Å². The molecule has 3 aromatic rings. The normalized spacial score (nSPS) is 13.6. The molecule has 1 aromatic heterocycles. The first-order valence-electron chi connectivity index (χ1n) is 6.54. The van der Waals surface area contributed by atoms with Gasteiger partial charge in [-0.15, -0.1) is 0 Å². The van der Waals surface area contributed by atoms with Crippen molar-refractivity contribution in [3.05, 3.63) is 53.7 Å². The van der Waals surface area contributed by atoms with E-state index in [0.29, 0.717) is 5.82 Å². The van der Waals surface area contributed by atoms with Crippen LogP contribution in [0.1, 0.15) is 11.3 Å². The summed E-state index contributed by atoms with van der Waals surface area (Å²) in [6, 6.07) is 14.5. The van der Waals surface area contributed by atoms with Crippen molar-refractivity contribution in [2.24, 2.45) is 0 Å². The summed E-state index contributed by atoms with van der Waals surface area (Å²) in [5.74, 6) is 3.22. The Morgan fingerprint density at radius 2 is 1.80 bits per heavy atom. The minimum atomic E-state index is 0.628. The summed E-state index contributed by atoms with van der Waals surface area (Å²) in [4.78, 5) is 9.24. The molecule has 98 valence electrons. The third-order valence-electron chi connectivity index (χ3n) is 3.64. The van der Waals surface area contributed by atoms with Crippen LogP contribution in [0.4, 0.5) is 5.82 Å². The first-order chi connectivity index (χ1) is 9.83. The highest BCUT2D eigenvalue weighted by molar-refractivity contribution is 7.98. The van der Waals surface area contributed by atoms with E-state index in [1.807, 2.05) is 30.0 Å². The highest BCUT2D eigenvalue weighted by Crippen LogP contribution is 2.34. The first-order valence-corrected chi connectivity index (χ1v) is 7.69. The molecule has 2 N–H and O–H groups in total. The molecule has 20 heavy (non-hydrogen) atoms. The smallest absolute Gasteiger partial charge is 0.162 e. The van der Waals surface area contributed by atoms with Gasteiger partial charge in [0, 0.05) is 22.6 Å². The lowest BCUT2D eigenvalue weighted by Gasteiger charge is -2.08. The summed E-state index contributed by atoms with van der Waals surface area (Å²) in [7, 11) is 0. The summed E-state index contributed by atoms with van der Waals surface area (Å²) in [5, 5.41) is 2.36. The number of anilines is 1. The van der Waals surface area contributed by atoms with Gasteiger partial charge in [-0.2, -0.15) is 11.8 Å². The fourth-order valence-electron chi connectivity index (χ4n) is 2.62. The van der Waals surface area contributed by atoms with E-state index in [1.165, 1.54) is 10.8 Å². The Kier molecular flexibility index (Phi) is 2.63. The lowest BCUT2D eigenvalue weighted by Crippen LogP contribution is -2.03. The van der Waals surface area contributed by atoms with Gasteiger partial charge in [-0.1, -0.05) is 42.5 Å². The monoisotopic (exact) mass is 279 g/mol. The predicted octanol–water partition coefficient (Wildman–Crippen LogP) is 3.63. The van der Waals surface area contributed by atoms with E-state index in [9.17, 15) is 0 Å². The second kappa shape index (κ2) is 4.49. The van der Waals surface area contributed by atoms with Crippen molar-refractivity contribution in [2.75, 3.05) is 5.73 Å². The van der Waals surface area contributed by atoms with Crippen LogP contribution in [0.25, 0.3) is 22.2 Å². The average molecular weight is 279 g/mol. The van der Waals surface area contributed by atoms with E-state index in [1.54, 1.807) is 0 Å². The molecule has 0 radical (unpaired) electrons. The molecule has 0 amide bonds. The van der Waals surface area contributed by atoms with Gasteiger partial charge in [0.25, 0.3) is 0 Å². The van der Waals surface area contributed by atoms with E-state index < -0.39 is 0 Å². The number of nitrogens with two attached hydrogens (primary N) is 1. The number of rotatable bonds is 1. The molecule has 4 rings (SSSR count). The zero-order valence-corrected chi connectivity index (χ0v) is 11.7. The average Bonchev–Trinajstić information content (AvgIpc) is 2.95. The molecule has 1 aliphatic rings. The van der Waals surface area contributed by atoms with Crippen LogP contribution in [0, 0.1) is 0 Å². The van der Waals surface area contributed by atoms with E-state index in [4.69, 9.17) is 10.7 Å². The Bertz CT molecular complexity index is 809. The van der Waals surface area contributed by atoms with Crippen LogP contribution in [0.15, 0.2) is 42.5 Å². The molecular weight excluding hydrogens is 266 g/mol. The molecule has 3 nitrogen and oxygen atoms in total. The summed E-state index contributed by atoms with van der Waals surface area (Å²) >= 11 is 1.84. The maximum Gasteiger partial charge on any atom is 0.162 e. The maximum atomic E-state index is 6.09. The molecule has 1 aliphatic heterocycles. The van der Waals surface area contributed by atoms with Crippen molar-refractivity contribution in [2.45, 2.75) is 11.5 Å². The molecular formula is C16H13N3S. The van der Waals surface area contributed by atoms with Crippen LogP contribution < -0.4 is 5.73 Å². The third kappa shape index (κ3) is 1.76. The standard InChI is InChI=1S/C16H13N3S/c17-15-13-8-20-9-14(13)18-16(19-15)12-7-3-5-10-4-1-2-6-11(10)12/h1-7H,8-9H2,(H2,17,18,19). The van der Waals surface area contributed by atoms with Gasteiger partial charge in [0.2, 0.25) is 0 Å². The molecule has 0 bridgehead atoms. The van der Waals surface area contributed by atoms with Crippen LogP contribution in [-0.2, 0) is 11.5 Å². The Balaban J connectivity index is 1.98. The van der Waals surface area contributed by atoms with Crippen LogP contribution in [0.5, 0.6) is 0 Å². The maximum absolute atomic E-state index is 6.09. The Labute approximate surface area is 121 Å². The fourth-order valence-corrected chi connectivity index (χ4v) is 3.67. The SMILES string of the molecule is Nc1nc(-c2cccc3ccccc23)nc2c1CSC2. The minimum Gasteiger partial charge on any atom is -0.383 e. The van der Waals surface area contributed by atoms with Gasteiger partial charge >= 0.3 is 0 Å². The molecule has 2 heterocycles. The largest absolute Gasteiger partial charge is 0.383 e. The number of fused-ring (bicyclic) bond motifs is 2.